The first-order valence-corrected chi connectivity index (χ1v) is 5.15. The maximum atomic E-state index is 12.2. The summed E-state index contributed by atoms with van der Waals surface area (Å²) >= 11 is 0. The Hall–Kier alpha value is -2.11. The fraction of sp³-hybridized carbons (Fsp3) is 0.167. The van der Waals surface area contributed by atoms with E-state index in [1.54, 1.807) is 18.2 Å². The van der Waals surface area contributed by atoms with Gasteiger partial charge in [0.25, 0.3) is 0 Å². The third kappa shape index (κ3) is 3.44. The first-order valence-electron chi connectivity index (χ1n) is 5.15. The molecule has 1 N–H and O–H groups in total. The van der Waals surface area contributed by atoms with Crippen molar-refractivity contribution >= 4 is 5.69 Å². The van der Waals surface area contributed by atoms with Crippen LogP contribution in [0.5, 0.6) is 5.75 Å². The second kappa shape index (κ2) is 5.03. The summed E-state index contributed by atoms with van der Waals surface area (Å²) < 4.78 is 45.5. The van der Waals surface area contributed by atoms with Crippen molar-refractivity contribution in [1.29, 1.82) is 0 Å². The molecule has 0 radical (unpaired) electrons. The Kier molecular flexibility index (Phi) is 3.45. The molecular weight excluding hydrogens is 247 g/mol. The van der Waals surface area contributed by atoms with Crippen molar-refractivity contribution in [1.82, 2.24) is 0 Å². The van der Waals surface area contributed by atoms with Gasteiger partial charge in [0, 0.05) is 0 Å². The lowest BCUT2D eigenvalue weighted by Gasteiger charge is -2.13. The molecule has 6 heteroatoms. The van der Waals surface area contributed by atoms with E-state index in [4.69, 9.17) is 4.42 Å². The van der Waals surface area contributed by atoms with Gasteiger partial charge in [-0.15, -0.1) is 13.2 Å². The lowest BCUT2D eigenvalue weighted by atomic mass is 10.3. The van der Waals surface area contributed by atoms with Crippen molar-refractivity contribution in [3.63, 3.8) is 0 Å². The number of anilines is 1. The minimum Gasteiger partial charge on any atom is -0.467 e. The SMILES string of the molecule is FC(F)(F)Oc1ccccc1NCc1ccco1. The lowest BCUT2D eigenvalue weighted by Crippen LogP contribution is -2.18. The fourth-order valence-electron chi connectivity index (χ4n) is 1.42. The average Bonchev–Trinajstić information content (AvgIpc) is 2.79. The Bertz CT molecular complexity index is 494. The van der Waals surface area contributed by atoms with Crippen LogP contribution in [0.4, 0.5) is 18.9 Å². The molecule has 1 aromatic heterocycles. The van der Waals surface area contributed by atoms with E-state index in [-0.39, 0.29) is 18.0 Å². The van der Waals surface area contributed by atoms with Crippen LogP contribution in [-0.2, 0) is 6.54 Å². The third-order valence-corrected chi connectivity index (χ3v) is 2.15. The molecule has 2 aromatic rings. The average molecular weight is 257 g/mol. The van der Waals surface area contributed by atoms with Crippen molar-refractivity contribution in [2.24, 2.45) is 0 Å². The standard InChI is InChI=1S/C12H10F3NO2/c13-12(14,15)18-11-6-2-1-5-10(11)16-8-9-4-3-7-17-9/h1-7,16H,8H2. The Morgan fingerprint density at radius 1 is 1.11 bits per heavy atom. The highest BCUT2D eigenvalue weighted by molar-refractivity contribution is 5.56. The minimum atomic E-state index is -4.71. The molecular formula is C12H10F3NO2. The maximum Gasteiger partial charge on any atom is 0.573 e. The molecule has 0 bridgehead atoms. The van der Waals surface area contributed by atoms with Crippen molar-refractivity contribution < 1.29 is 22.3 Å². The van der Waals surface area contributed by atoms with Gasteiger partial charge >= 0.3 is 6.36 Å². The molecule has 0 atom stereocenters. The fourth-order valence-corrected chi connectivity index (χ4v) is 1.42. The van der Waals surface area contributed by atoms with Crippen molar-refractivity contribution in [2.45, 2.75) is 12.9 Å². The quantitative estimate of drug-likeness (QED) is 0.904. The highest BCUT2D eigenvalue weighted by Gasteiger charge is 2.32. The Balaban J connectivity index is 2.07. The molecule has 3 nitrogen and oxygen atoms in total. The van der Waals surface area contributed by atoms with Gasteiger partial charge in [-0.05, 0) is 24.3 Å². The molecule has 0 aliphatic heterocycles. The summed E-state index contributed by atoms with van der Waals surface area (Å²) in [6, 6.07) is 9.27. The number of rotatable bonds is 4. The van der Waals surface area contributed by atoms with Crippen LogP contribution in [0.2, 0.25) is 0 Å². The van der Waals surface area contributed by atoms with Gasteiger partial charge in [0.1, 0.15) is 5.76 Å². The van der Waals surface area contributed by atoms with Crippen molar-refractivity contribution in [3.8, 4) is 5.75 Å². The van der Waals surface area contributed by atoms with Crippen LogP contribution in [0.15, 0.2) is 47.1 Å². The summed E-state index contributed by atoms with van der Waals surface area (Å²) in [5.41, 5.74) is 0.256. The van der Waals surface area contributed by atoms with Gasteiger partial charge in [0.15, 0.2) is 5.75 Å². The van der Waals surface area contributed by atoms with E-state index in [1.165, 1.54) is 24.5 Å². The van der Waals surface area contributed by atoms with E-state index in [0.29, 0.717) is 5.76 Å². The topological polar surface area (TPSA) is 34.4 Å². The van der Waals surface area contributed by atoms with Gasteiger partial charge in [-0.1, -0.05) is 12.1 Å². The summed E-state index contributed by atoms with van der Waals surface area (Å²) in [7, 11) is 0. The molecule has 0 spiro atoms. The molecule has 0 amide bonds. The number of ether oxygens (including phenoxy) is 1. The number of hydrogen-bond donors (Lipinski definition) is 1. The normalized spacial score (nSPS) is 11.3. The second-order valence-corrected chi connectivity index (χ2v) is 3.48. The number of furan rings is 1. The molecule has 18 heavy (non-hydrogen) atoms. The minimum absolute atomic E-state index is 0.256. The predicted octanol–water partition coefficient (Wildman–Crippen LogP) is 3.79. The number of halogens is 3. The molecule has 0 aliphatic rings. The molecule has 1 heterocycles. The molecule has 96 valence electrons. The summed E-state index contributed by atoms with van der Waals surface area (Å²) in [5.74, 6) is 0.355. The van der Waals surface area contributed by atoms with Crippen LogP contribution in [0.25, 0.3) is 0 Å². The first kappa shape index (κ1) is 12.3. The van der Waals surface area contributed by atoms with E-state index >= 15 is 0 Å². The summed E-state index contributed by atoms with van der Waals surface area (Å²) in [6.07, 6.45) is -3.21. The smallest absolute Gasteiger partial charge is 0.467 e. The third-order valence-electron chi connectivity index (χ3n) is 2.15. The van der Waals surface area contributed by atoms with Crippen molar-refractivity contribution in [3.05, 3.63) is 48.4 Å². The number of para-hydroxylation sites is 2. The van der Waals surface area contributed by atoms with E-state index in [9.17, 15) is 13.2 Å². The predicted molar refractivity (Wildman–Crippen MR) is 59.2 cm³/mol. The van der Waals surface area contributed by atoms with Gasteiger partial charge in [0.05, 0.1) is 18.5 Å². The molecule has 0 fully saturated rings. The summed E-state index contributed by atoms with van der Waals surface area (Å²) in [4.78, 5) is 0. The van der Waals surface area contributed by atoms with Crippen molar-refractivity contribution in [2.75, 3.05) is 5.32 Å². The van der Waals surface area contributed by atoms with Crippen LogP contribution in [0.3, 0.4) is 0 Å². The first-order chi connectivity index (χ1) is 8.54. The summed E-state index contributed by atoms with van der Waals surface area (Å²) in [6.45, 7) is 0.283. The zero-order valence-electron chi connectivity index (χ0n) is 9.20. The van der Waals surface area contributed by atoms with Gasteiger partial charge in [-0.25, -0.2) is 0 Å². The van der Waals surface area contributed by atoms with Gasteiger partial charge in [0.2, 0.25) is 0 Å². The van der Waals surface area contributed by atoms with Gasteiger partial charge in [-0.3, -0.25) is 0 Å². The zero-order valence-corrected chi connectivity index (χ0v) is 9.20. The molecule has 2 rings (SSSR count). The largest absolute Gasteiger partial charge is 0.573 e. The summed E-state index contributed by atoms with van der Waals surface area (Å²) in [5, 5.41) is 2.82. The van der Waals surface area contributed by atoms with E-state index in [0.717, 1.165) is 0 Å². The molecule has 0 unspecified atom stereocenters. The Labute approximate surface area is 101 Å². The molecule has 0 saturated heterocycles. The maximum absolute atomic E-state index is 12.2. The van der Waals surface area contributed by atoms with Crippen LogP contribution in [0, 0.1) is 0 Å². The van der Waals surface area contributed by atoms with Crippen LogP contribution >= 0.6 is 0 Å². The number of hydrogen-bond acceptors (Lipinski definition) is 3. The Morgan fingerprint density at radius 2 is 1.89 bits per heavy atom. The number of nitrogens with one attached hydrogen (secondary N) is 1. The highest BCUT2D eigenvalue weighted by atomic mass is 19.4. The van der Waals surface area contributed by atoms with Crippen LogP contribution < -0.4 is 10.1 Å². The van der Waals surface area contributed by atoms with Crippen LogP contribution in [0.1, 0.15) is 5.76 Å². The van der Waals surface area contributed by atoms with Gasteiger partial charge in [-0.2, -0.15) is 0 Å². The number of benzene rings is 1. The molecule has 1 aromatic carbocycles. The Morgan fingerprint density at radius 3 is 2.56 bits per heavy atom. The van der Waals surface area contributed by atoms with E-state index in [1.807, 2.05) is 0 Å². The highest BCUT2D eigenvalue weighted by Crippen LogP contribution is 2.30. The number of alkyl halides is 3. The van der Waals surface area contributed by atoms with E-state index in [2.05, 4.69) is 10.1 Å². The monoisotopic (exact) mass is 257 g/mol. The zero-order chi connectivity index (χ0) is 13.0. The van der Waals surface area contributed by atoms with Gasteiger partial charge < -0.3 is 14.5 Å². The molecule has 0 aliphatic carbocycles. The van der Waals surface area contributed by atoms with Crippen LogP contribution in [-0.4, -0.2) is 6.36 Å². The molecule has 0 saturated carbocycles. The second-order valence-electron chi connectivity index (χ2n) is 3.48. The van der Waals surface area contributed by atoms with E-state index < -0.39 is 6.36 Å². The lowest BCUT2D eigenvalue weighted by molar-refractivity contribution is -0.274.